The highest BCUT2D eigenvalue weighted by Crippen LogP contribution is 2.42. The third-order valence-corrected chi connectivity index (χ3v) is 3.49. The largest absolute Gasteiger partial charge is 0.326 e. The van der Waals surface area contributed by atoms with Gasteiger partial charge in [0, 0.05) is 24.5 Å². The molecule has 1 amide bonds. The smallest absolute Gasteiger partial charge is 0.320 e. The number of anilines is 1. The molecule has 0 aromatic carbocycles. The molecule has 1 fully saturated rings. The first-order valence-electron chi connectivity index (χ1n) is 6.30. The molecule has 0 saturated heterocycles. The Morgan fingerprint density at radius 1 is 1.40 bits per heavy atom. The summed E-state index contributed by atoms with van der Waals surface area (Å²) in [5.41, 5.74) is -1.37. The van der Waals surface area contributed by atoms with E-state index in [1.165, 1.54) is 6.92 Å². The van der Waals surface area contributed by atoms with Gasteiger partial charge in [-0.2, -0.15) is 0 Å². The van der Waals surface area contributed by atoms with Crippen molar-refractivity contribution in [1.82, 2.24) is 9.97 Å². The number of rotatable bonds is 3. The van der Waals surface area contributed by atoms with Crippen LogP contribution in [0.15, 0.2) is 9.59 Å². The lowest BCUT2D eigenvalue weighted by molar-refractivity contribution is -0.120. The van der Waals surface area contributed by atoms with E-state index >= 15 is 0 Å². The average Bonchev–Trinajstić information content (AvgIpc) is 2.63. The van der Waals surface area contributed by atoms with Crippen LogP contribution in [0.1, 0.15) is 31.4 Å². The third kappa shape index (κ3) is 2.94. The Morgan fingerprint density at radius 2 is 2.10 bits per heavy atom. The van der Waals surface area contributed by atoms with Crippen molar-refractivity contribution in [3.8, 4) is 0 Å². The van der Waals surface area contributed by atoms with E-state index < -0.39 is 29.0 Å². The van der Waals surface area contributed by atoms with Crippen LogP contribution in [-0.2, 0) is 4.79 Å². The van der Waals surface area contributed by atoms with Crippen LogP contribution in [0.25, 0.3) is 0 Å². The second-order valence-electron chi connectivity index (χ2n) is 5.01. The van der Waals surface area contributed by atoms with E-state index in [1.54, 1.807) is 0 Å². The summed E-state index contributed by atoms with van der Waals surface area (Å²) in [6, 6.07) is 0. The summed E-state index contributed by atoms with van der Waals surface area (Å²) < 4.78 is 26.8. The molecular formula is C12H15F2N3O3. The highest BCUT2D eigenvalue weighted by molar-refractivity contribution is 5.91. The van der Waals surface area contributed by atoms with E-state index in [2.05, 4.69) is 10.3 Å². The van der Waals surface area contributed by atoms with Gasteiger partial charge in [-0.25, -0.2) is 13.6 Å². The number of aryl methyl sites for hydroxylation is 1. The lowest BCUT2D eigenvalue weighted by atomic mass is 10.0. The molecule has 1 unspecified atom stereocenters. The Hall–Kier alpha value is -1.99. The highest BCUT2D eigenvalue weighted by atomic mass is 19.3. The molecule has 2 rings (SSSR count). The number of halogens is 2. The average molecular weight is 287 g/mol. The highest BCUT2D eigenvalue weighted by Gasteiger charge is 2.44. The van der Waals surface area contributed by atoms with Crippen molar-refractivity contribution in [2.75, 3.05) is 5.32 Å². The maximum absolute atomic E-state index is 13.4. The molecule has 8 heteroatoms. The number of alkyl halides is 2. The number of aromatic amines is 2. The van der Waals surface area contributed by atoms with Crippen LogP contribution in [0.4, 0.5) is 14.5 Å². The first kappa shape index (κ1) is 14.4. The fourth-order valence-electron chi connectivity index (χ4n) is 2.42. The Labute approximate surface area is 112 Å². The zero-order valence-electron chi connectivity index (χ0n) is 10.9. The Bertz CT molecular complexity index is 636. The molecule has 3 N–H and O–H groups in total. The summed E-state index contributed by atoms with van der Waals surface area (Å²) in [6.45, 7) is 1.44. The molecule has 6 nitrogen and oxygen atoms in total. The minimum Gasteiger partial charge on any atom is -0.320 e. The molecule has 1 heterocycles. The van der Waals surface area contributed by atoms with Crippen molar-refractivity contribution in [2.45, 2.75) is 38.5 Å². The monoisotopic (exact) mass is 287 g/mol. The van der Waals surface area contributed by atoms with Gasteiger partial charge in [-0.3, -0.25) is 14.6 Å². The quantitative estimate of drug-likeness (QED) is 0.778. The minimum atomic E-state index is -2.83. The molecular weight excluding hydrogens is 272 g/mol. The first-order valence-corrected chi connectivity index (χ1v) is 6.30. The Balaban J connectivity index is 2.10. The fraction of sp³-hybridized carbons (Fsp3) is 0.583. The van der Waals surface area contributed by atoms with Gasteiger partial charge in [0.1, 0.15) is 5.69 Å². The molecule has 20 heavy (non-hydrogen) atoms. The predicted octanol–water partition coefficient (Wildman–Crippen LogP) is 1.14. The summed E-state index contributed by atoms with van der Waals surface area (Å²) in [6.07, 6.45) is 0.138. The van der Waals surface area contributed by atoms with Gasteiger partial charge in [0.05, 0.1) is 0 Å². The van der Waals surface area contributed by atoms with Crippen LogP contribution in [0.2, 0.25) is 0 Å². The second-order valence-corrected chi connectivity index (χ2v) is 5.01. The van der Waals surface area contributed by atoms with E-state index in [9.17, 15) is 23.2 Å². The number of nitrogens with one attached hydrogen (secondary N) is 3. The third-order valence-electron chi connectivity index (χ3n) is 3.49. The first-order chi connectivity index (χ1) is 9.29. The summed E-state index contributed by atoms with van der Waals surface area (Å²) in [5, 5.41) is 2.28. The van der Waals surface area contributed by atoms with Crippen molar-refractivity contribution in [1.29, 1.82) is 0 Å². The van der Waals surface area contributed by atoms with E-state index in [0.29, 0.717) is 12.8 Å². The predicted molar refractivity (Wildman–Crippen MR) is 68.0 cm³/mol. The number of aromatic nitrogens is 2. The van der Waals surface area contributed by atoms with Gasteiger partial charge < -0.3 is 10.3 Å². The van der Waals surface area contributed by atoms with Gasteiger partial charge in [0.25, 0.3) is 11.5 Å². The minimum absolute atomic E-state index is 0.115. The second kappa shape index (κ2) is 5.18. The van der Waals surface area contributed by atoms with Crippen LogP contribution in [-0.4, -0.2) is 21.8 Å². The molecule has 1 aromatic rings. The summed E-state index contributed by atoms with van der Waals surface area (Å²) in [7, 11) is 0. The van der Waals surface area contributed by atoms with E-state index in [-0.39, 0.29) is 24.2 Å². The maximum atomic E-state index is 13.4. The van der Waals surface area contributed by atoms with Crippen LogP contribution in [0.5, 0.6) is 0 Å². The number of carbonyl (C=O) groups is 1. The summed E-state index contributed by atoms with van der Waals surface area (Å²) in [4.78, 5) is 38.6. The Morgan fingerprint density at radius 3 is 2.65 bits per heavy atom. The Kier molecular flexibility index (Phi) is 3.74. The molecule has 1 atom stereocenters. The van der Waals surface area contributed by atoms with E-state index in [4.69, 9.17) is 0 Å². The van der Waals surface area contributed by atoms with Gasteiger partial charge in [0.15, 0.2) is 0 Å². The van der Waals surface area contributed by atoms with Crippen molar-refractivity contribution in [3.05, 3.63) is 26.5 Å². The van der Waals surface area contributed by atoms with Gasteiger partial charge in [0.2, 0.25) is 5.91 Å². The van der Waals surface area contributed by atoms with Crippen LogP contribution < -0.4 is 16.6 Å². The number of hydrogen-bond acceptors (Lipinski definition) is 3. The number of hydrogen-bond donors (Lipinski definition) is 3. The summed E-state index contributed by atoms with van der Waals surface area (Å²) in [5.74, 6) is -4.48. The molecule has 0 radical (unpaired) electrons. The van der Waals surface area contributed by atoms with Crippen LogP contribution in [0.3, 0.4) is 0 Å². The fourth-order valence-corrected chi connectivity index (χ4v) is 2.42. The molecule has 1 aromatic heterocycles. The lowest BCUT2D eigenvalue weighted by Crippen LogP contribution is -2.31. The lowest BCUT2D eigenvalue weighted by Gasteiger charge is -2.18. The zero-order valence-corrected chi connectivity index (χ0v) is 10.9. The van der Waals surface area contributed by atoms with Gasteiger partial charge >= 0.3 is 5.69 Å². The SMILES string of the molecule is Cc1[nH]c(=O)[nH]c(=O)c1NC(=O)CC1CCCC1(F)F. The molecule has 110 valence electrons. The van der Waals surface area contributed by atoms with Crippen molar-refractivity contribution < 1.29 is 13.6 Å². The normalized spacial score (nSPS) is 20.9. The maximum Gasteiger partial charge on any atom is 0.326 e. The topological polar surface area (TPSA) is 94.8 Å². The van der Waals surface area contributed by atoms with E-state index in [1.807, 2.05) is 4.98 Å². The van der Waals surface area contributed by atoms with Crippen LogP contribution in [0, 0.1) is 12.8 Å². The molecule has 0 bridgehead atoms. The zero-order chi connectivity index (χ0) is 14.9. The standard InChI is InChI=1S/C12H15F2N3O3/c1-6-9(10(19)17-11(20)15-6)16-8(18)5-7-3-2-4-12(7,13)14/h7H,2-5H2,1H3,(H,16,18)(H2,15,17,19,20). The van der Waals surface area contributed by atoms with Crippen molar-refractivity contribution in [2.24, 2.45) is 5.92 Å². The van der Waals surface area contributed by atoms with Crippen molar-refractivity contribution in [3.63, 3.8) is 0 Å². The van der Waals surface area contributed by atoms with Gasteiger partial charge in [-0.05, 0) is 19.8 Å². The van der Waals surface area contributed by atoms with Crippen molar-refractivity contribution >= 4 is 11.6 Å². The molecule has 0 spiro atoms. The molecule has 1 aliphatic rings. The number of H-pyrrole nitrogens is 2. The van der Waals surface area contributed by atoms with Crippen LogP contribution >= 0.6 is 0 Å². The van der Waals surface area contributed by atoms with Gasteiger partial charge in [-0.15, -0.1) is 0 Å². The molecule has 1 saturated carbocycles. The summed E-state index contributed by atoms with van der Waals surface area (Å²) >= 11 is 0. The number of carbonyl (C=O) groups excluding carboxylic acids is 1. The van der Waals surface area contributed by atoms with Gasteiger partial charge in [-0.1, -0.05) is 0 Å². The number of amides is 1. The van der Waals surface area contributed by atoms with E-state index in [0.717, 1.165) is 0 Å². The molecule has 0 aliphatic heterocycles. The molecule has 1 aliphatic carbocycles.